The van der Waals surface area contributed by atoms with Crippen LogP contribution in [-0.4, -0.2) is 15.0 Å². The van der Waals surface area contributed by atoms with E-state index in [0.29, 0.717) is 17.5 Å². The van der Waals surface area contributed by atoms with Gasteiger partial charge in [0.15, 0.2) is 17.5 Å². The van der Waals surface area contributed by atoms with E-state index in [9.17, 15) is 0 Å². The first-order valence-corrected chi connectivity index (χ1v) is 20.5. The van der Waals surface area contributed by atoms with Crippen molar-refractivity contribution in [2.24, 2.45) is 0 Å². The third-order valence-corrected chi connectivity index (χ3v) is 13.1. The standard InChI is InChI=1S/C54H33N3S/c1-3-14-34(15-4-1)38-19-13-20-39(32-38)52-55-51(37-17-5-2-6-18-37)56-53(57-52)40-29-28-36-27-26-35-16-7-10-23-43(35)54(46(36)33-40)44-24-11-8-21-41(44)49-45(54)30-31-48-50(49)42-22-9-12-25-47(42)58-48/h1-33H. The van der Waals surface area contributed by atoms with Crippen LogP contribution in [0.15, 0.2) is 188 Å². The maximum Gasteiger partial charge on any atom is 0.164 e. The van der Waals surface area contributed by atoms with E-state index in [-0.39, 0.29) is 0 Å². The van der Waals surface area contributed by atoms with Crippen LogP contribution in [0.2, 0.25) is 0 Å². The predicted octanol–water partition coefficient (Wildman–Crippen LogP) is 13.8. The van der Waals surface area contributed by atoms with E-state index in [1.807, 2.05) is 35.6 Å². The molecule has 0 N–H and O–H groups in total. The molecule has 0 saturated heterocycles. The summed E-state index contributed by atoms with van der Waals surface area (Å²) in [7, 11) is 0. The molecule has 8 aromatic carbocycles. The second-order valence-corrected chi connectivity index (χ2v) is 16.2. The molecule has 1 atom stereocenters. The number of nitrogens with zero attached hydrogens (tertiary/aromatic N) is 3. The van der Waals surface area contributed by atoms with Crippen LogP contribution in [0.4, 0.5) is 0 Å². The summed E-state index contributed by atoms with van der Waals surface area (Å²) in [5.41, 5.74) is 14.6. The lowest BCUT2D eigenvalue weighted by atomic mass is 9.65. The van der Waals surface area contributed by atoms with Crippen molar-refractivity contribution in [1.29, 1.82) is 0 Å². The van der Waals surface area contributed by atoms with Gasteiger partial charge in [0, 0.05) is 36.9 Å². The first-order chi connectivity index (χ1) is 28.7. The van der Waals surface area contributed by atoms with E-state index in [1.165, 1.54) is 64.7 Å². The minimum absolute atomic E-state index is 0.600. The largest absolute Gasteiger partial charge is 0.208 e. The molecule has 0 bridgehead atoms. The molecule has 1 spiro atoms. The van der Waals surface area contributed by atoms with Crippen LogP contribution in [-0.2, 0) is 5.41 Å². The van der Waals surface area contributed by atoms with Gasteiger partial charge in [-0.1, -0.05) is 176 Å². The van der Waals surface area contributed by atoms with Gasteiger partial charge < -0.3 is 0 Å². The third kappa shape index (κ3) is 4.89. The topological polar surface area (TPSA) is 38.7 Å². The maximum absolute atomic E-state index is 5.28. The summed E-state index contributed by atoms with van der Waals surface area (Å²) >= 11 is 1.88. The van der Waals surface area contributed by atoms with Gasteiger partial charge >= 0.3 is 0 Å². The Hall–Kier alpha value is -7.27. The quantitative estimate of drug-likeness (QED) is 0.180. The van der Waals surface area contributed by atoms with Crippen LogP contribution in [0.5, 0.6) is 0 Å². The van der Waals surface area contributed by atoms with E-state index >= 15 is 0 Å². The zero-order valence-corrected chi connectivity index (χ0v) is 32.1. The van der Waals surface area contributed by atoms with E-state index in [1.54, 1.807) is 0 Å². The molecule has 0 fully saturated rings. The molecule has 2 aliphatic rings. The highest BCUT2D eigenvalue weighted by Gasteiger charge is 2.49. The number of hydrogen-bond donors (Lipinski definition) is 0. The summed E-state index contributed by atoms with van der Waals surface area (Å²) in [6.45, 7) is 0. The summed E-state index contributed by atoms with van der Waals surface area (Å²) < 4.78 is 2.62. The van der Waals surface area contributed by atoms with Crippen molar-refractivity contribution in [2.45, 2.75) is 5.41 Å². The van der Waals surface area contributed by atoms with Crippen molar-refractivity contribution in [1.82, 2.24) is 15.0 Å². The summed E-state index contributed by atoms with van der Waals surface area (Å²) in [6, 6.07) is 67.6. The first-order valence-electron chi connectivity index (χ1n) is 19.7. The minimum Gasteiger partial charge on any atom is -0.208 e. The molecule has 12 rings (SSSR count). The SMILES string of the molecule is C1=Cc2ccc(-c3nc(-c4ccccc4)nc(-c4cccc(-c5ccccc5)c4)n3)cc2C2(c3ccccc31)c1ccccc1-c1c2ccc2sc3ccccc3c12. The van der Waals surface area contributed by atoms with Gasteiger partial charge in [0.05, 0.1) is 5.41 Å². The monoisotopic (exact) mass is 755 g/mol. The number of fused-ring (bicyclic) bond motifs is 13. The highest BCUT2D eigenvalue weighted by atomic mass is 32.1. The van der Waals surface area contributed by atoms with E-state index < -0.39 is 5.41 Å². The van der Waals surface area contributed by atoms with Crippen molar-refractivity contribution in [3.8, 4) is 56.4 Å². The normalized spacial score (nSPS) is 14.9. The second kappa shape index (κ2) is 12.9. The molecule has 2 aromatic heterocycles. The van der Waals surface area contributed by atoms with Gasteiger partial charge in [-0.05, 0) is 79.9 Å². The summed E-state index contributed by atoms with van der Waals surface area (Å²) in [4.78, 5) is 15.6. The van der Waals surface area contributed by atoms with Gasteiger partial charge in [-0.15, -0.1) is 11.3 Å². The Kier molecular flexibility index (Phi) is 7.31. The Morgan fingerprint density at radius 3 is 1.78 bits per heavy atom. The molecule has 0 aliphatic heterocycles. The van der Waals surface area contributed by atoms with Gasteiger partial charge in [-0.2, -0.15) is 0 Å². The van der Waals surface area contributed by atoms with Crippen LogP contribution in [0.1, 0.15) is 33.4 Å². The Bertz CT molecular complexity index is 3290. The fraction of sp³-hybridized carbons (Fsp3) is 0.0185. The molecule has 58 heavy (non-hydrogen) atoms. The molecule has 4 heteroatoms. The van der Waals surface area contributed by atoms with Crippen LogP contribution in [0, 0.1) is 0 Å². The Morgan fingerprint density at radius 1 is 0.362 bits per heavy atom. The van der Waals surface area contributed by atoms with Gasteiger partial charge in [0.2, 0.25) is 0 Å². The van der Waals surface area contributed by atoms with Crippen LogP contribution in [0.25, 0.3) is 88.7 Å². The van der Waals surface area contributed by atoms with Crippen molar-refractivity contribution >= 4 is 43.7 Å². The number of hydrogen-bond acceptors (Lipinski definition) is 4. The highest BCUT2D eigenvalue weighted by Crippen LogP contribution is 2.61. The molecular weight excluding hydrogens is 723 g/mol. The average molecular weight is 756 g/mol. The highest BCUT2D eigenvalue weighted by molar-refractivity contribution is 7.26. The molecule has 270 valence electrons. The molecule has 2 aliphatic carbocycles. The maximum atomic E-state index is 5.28. The number of aromatic nitrogens is 3. The molecule has 0 amide bonds. The summed E-state index contributed by atoms with van der Waals surface area (Å²) in [6.07, 6.45) is 4.57. The van der Waals surface area contributed by atoms with Crippen LogP contribution < -0.4 is 0 Å². The fourth-order valence-corrected chi connectivity index (χ4v) is 10.6. The van der Waals surface area contributed by atoms with Crippen LogP contribution in [0.3, 0.4) is 0 Å². The van der Waals surface area contributed by atoms with Gasteiger partial charge in [0.1, 0.15) is 0 Å². The van der Waals surface area contributed by atoms with Gasteiger partial charge in [-0.25, -0.2) is 15.0 Å². The summed E-state index contributed by atoms with van der Waals surface area (Å²) in [5.74, 6) is 1.92. The Labute approximate surface area is 340 Å². The molecule has 0 saturated carbocycles. The molecule has 10 aromatic rings. The van der Waals surface area contributed by atoms with E-state index in [0.717, 1.165) is 27.8 Å². The minimum atomic E-state index is -0.600. The third-order valence-electron chi connectivity index (χ3n) is 12.0. The predicted molar refractivity (Wildman–Crippen MR) is 241 cm³/mol. The molecule has 2 heterocycles. The van der Waals surface area contributed by atoms with Crippen molar-refractivity contribution in [3.63, 3.8) is 0 Å². The zero-order valence-electron chi connectivity index (χ0n) is 31.3. The molecular formula is C54H33N3S. The van der Waals surface area contributed by atoms with Crippen LogP contribution >= 0.6 is 11.3 Å². The molecule has 0 radical (unpaired) electrons. The Morgan fingerprint density at radius 2 is 0.966 bits per heavy atom. The van der Waals surface area contributed by atoms with Gasteiger partial charge in [-0.3, -0.25) is 0 Å². The molecule has 1 unspecified atom stereocenters. The lowest BCUT2D eigenvalue weighted by Gasteiger charge is -2.35. The molecule has 3 nitrogen and oxygen atoms in total. The van der Waals surface area contributed by atoms with Crippen molar-refractivity contribution < 1.29 is 0 Å². The van der Waals surface area contributed by atoms with Crippen molar-refractivity contribution in [2.75, 3.05) is 0 Å². The first kappa shape index (κ1) is 32.9. The number of rotatable bonds is 4. The van der Waals surface area contributed by atoms with E-state index in [4.69, 9.17) is 15.0 Å². The summed E-state index contributed by atoms with van der Waals surface area (Å²) in [5, 5.41) is 2.64. The smallest absolute Gasteiger partial charge is 0.164 e. The number of thiophene rings is 1. The lowest BCUT2D eigenvalue weighted by Crippen LogP contribution is -2.30. The Balaban J connectivity index is 1.13. The van der Waals surface area contributed by atoms with E-state index in [2.05, 4.69) is 176 Å². The fourth-order valence-electron chi connectivity index (χ4n) is 9.46. The second-order valence-electron chi connectivity index (χ2n) is 15.1. The number of benzene rings is 8. The lowest BCUT2D eigenvalue weighted by molar-refractivity contribution is 0.767. The van der Waals surface area contributed by atoms with Crippen molar-refractivity contribution in [3.05, 3.63) is 221 Å². The average Bonchev–Trinajstić information content (AvgIpc) is 3.77. The zero-order chi connectivity index (χ0) is 38.2. The van der Waals surface area contributed by atoms with Gasteiger partial charge in [0.25, 0.3) is 0 Å².